The van der Waals surface area contributed by atoms with Crippen molar-refractivity contribution >= 4 is 32.4 Å². The molecule has 0 aliphatic heterocycles. The first-order valence-electron chi connectivity index (χ1n) is 11.3. The minimum absolute atomic E-state index is 0.420. The summed E-state index contributed by atoms with van der Waals surface area (Å²) in [4.78, 5) is 30.2. The maximum absolute atomic E-state index is 10.3. The van der Waals surface area contributed by atoms with Crippen LogP contribution in [0.25, 0.3) is 0 Å². The second-order valence-corrected chi connectivity index (χ2v) is 18.1. The zero-order valence-electron chi connectivity index (χ0n) is 20.9. The number of carbonyl (C=O) groups excluding carboxylic acids is 2. The van der Waals surface area contributed by atoms with Crippen molar-refractivity contribution in [2.75, 3.05) is 49.3 Å². The number of carboxylic acid groups (broad SMARTS) is 3. The van der Waals surface area contributed by atoms with Crippen molar-refractivity contribution < 1.29 is 34.8 Å². The maximum atomic E-state index is 10.3. The molecule has 0 saturated carbocycles. The molecule has 0 aliphatic rings. The predicted molar refractivity (Wildman–Crippen MR) is 130 cm³/mol. The lowest BCUT2D eigenvalue weighted by molar-refractivity contribution is -0.314. The molecule has 0 aromatic heterocycles. The Balaban J connectivity index is -0.000000390. The maximum Gasteiger partial charge on any atom is 0.336 e. The molecule has 0 spiro atoms. The molecule has 0 radical (unpaired) electrons. The van der Waals surface area contributed by atoms with Crippen molar-refractivity contribution in [3.05, 3.63) is 0 Å². The van der Waals surface area contributed by atoms with Gasteiger partial charge in [-0.25, -0.2) is 4.79 Å². The molecule has 31 heavy (non-hydrogen) atoms. The highest BCUT2D eigenvalue weighted by Gasteiger charge is 2.36. The molecular formula is C22H46O7P2. The van der Waals surface area contributed by atoms with Crippen LogP contribution in [0.2, 0.25) is 0 Å². The van der Waals surface area contributed by atoms with Gasteiger partial charge in [0.1, 0.15) is 0 Å². The molecule has 0 fully saturated rings. The summed E-state index contributed by atoms with van der Waals surface area (Å²) in [5.41, 5.74) is -2.86. The van der Waals surface area contributed by atoms with Crippen LogP contribution in [0, 0.1) is 0 Å². The molecule has 0 saturated heterocycles. The molecule has 0 aromatic rings. The first kappa shape index (κ1) is 34.8. The average molecular weight is 485 g/mol. The van der Waals surface area contributed by atoms with Crippen LogP contribution in [0.1, 0.15) is 68.2 Å². The van der Waals surface area contributed by atoms with Gasteiger partial charge in [-0.2, -0.15) is 0 Å². The molecule has 0 atom stereocenters. The summed E-state index contributed by atoms with van der Waals surface area (Å²) in [6.07, 6.45) is 9.05. The van der Waals surface area contributed by atoms with Crippen molar-refractivity contribution in [3.63, 3.8) is 0 Å². The lowest BCUT2D eigenvalue weighted by Gasteiger charge is -2.23. The Labute approximate surface area is 190 Å². The third-order valence-corrected chi connectivity index (χ3v) is 17.4. The fourth-order valence-electron chi connectivity index (χ4n) is 3.37. The van der Waals surface area contributed by atoms with Gasteiger partial charge in [0, 0.05) is 39.3 Å². The normalized spacial score (nSPS) is 11.5. The van der Waals surface area contributed by atoms with Gasteiger partial charge in [0.05, 0.1) is 49.3 Å². The van der Waals surface area contributed by atoms with Gasteiger partial charge in [0.25, 0.3) is 0 Å². The molecule has 0 aliphatic carbocycles. The Morgan fingerprint density at radius 2 is 0.806 bits per heavy atom. The summed E-state index contributed by atoms with van der Waals surface area (Å²) >= 11 is 0. The minimum Gasteiger partial charge on any atom is -0.550 e. The first-order chi connectivity index (χ1) is 14.3. The molecule has 7 nitrogen and oxygen atoms in total. The van der Waals surface area contributed by atoms with E-state index in [1.165, 1.54) is 49.3 Å². The lowest BCUT2D eigenvalue weighted by Crippen LogP contribution is -2.48. The van der Waals surface area contributed by atoms with Crippen molar-refractivity contribution in [1.29, 1.82) is 0 Å². The third kappa shape index (κ3) is 14.1. The lowest BCUT2D eigenvalue weighted by atomic mass is 9.96. The second kappa shape index (κ2) is 17.7. The van der Waals surface area contributed by atoms with Gasteiger partial charge >= 0.3 is 5.97 Å². The molecule has 186 valence electrons. The number of carboxylic acids is 3. The van der Waals surface area contributed by atoms with Gasteiger partial charge in [0.2, 0.25) is 0 Å². The Morgan fingerprint density at radius 1 is 0.613 bits per heavy atom. The van der Waals surface area contributed by atoms with E-state index in [4.69, 9.17) is 10.2 Å². The summed E-state index contributed by atoms with van der Waals surface area (Å²) in [5, 5.41) is 37.2. The Morgan fingerprint density at radius 3 is 0.871 bits per heavy atom. The number of hydrogen-bond donors (Lipinski definition) is 2. The summed E-state index contributed by atoms with van der Waals surface area (Å²) in [6.45, 7) is 18.8. The monoisotopic (exact) mass is 484 g/mol. The van der Waals surface area contributed by atoms with Gasteiger partial charge in [0.15, 0.2) is 5.60 Å². The second-order valence-electron chi connectivity index (χ2n) is 7.65. The van der Waals surface area contributed by atoms with E-state index >= 15 is 0 Å². The first-order valence-corrected chi connectivity index (χ1v) is 16.4. The van der Waals surface area contributed by atoms with E-state index in [9.17, 15) is 24.6 Å². The minimum atomic E-state index is -2.86. The van der Waals surface area contributed by atoms with E-state index < -0.39 is 50.9 Å². The molecule has 0 aromatic carbocycles. The summed E-state index contributed by atoms with van der Waals surface area (Å²) in [6, 6.07) is 0. The predicted octanol–water partition coefficient (Wildman–Crippen LogP) is 2.25. The van der Waals surface area contributed by atoms with E-state index in [0.29, 0.717) is 0 Å². The van der Waals surface area contributed by atoms with Crippen molar-refractivity contribution in [2.45, 2.75) is 73.8 Å². The number of carbonyl (C=O) groups is 3. The quantitative estimate of drug-likeness (QED) is 0.382. The molecular weight excluding hydrogens is 438 g/mol. The fourth-order valence-corrected chi connectivity index (χ4v) is 8.74. The highest BCUT2D eigenvalue weighted by atomic mass is 31.2. The van der Waals surface area contributed by atoms with E-state index in [2.05, 4.69) is 55.4 Å². The molecule has 0 bridgehead atoms. The van der Waals surface area contributed by atoms with Crippen molar-refractivity contribution in [1.82, 2.24) is 0 Å². The van der Waals surface area contributed by atoms with E-state index in [0.717, 1.165) is 0 Å². The van der Waals surface area contributed by atoms with Crippen molar-refractivity contribution in [2.24, 2.45) is 0 Å². The van der Waals surface area contributed by atoms with Gasteiger partial charge in [-0.05, 0) is 55.4 Å². The van der Waals surface area contributed by atoms with Crippen LogP contribution < -0.4 is 10.2 Å². The van der Waals surface area contributed by atoms with Crippen LogP contribution in [0.3, 0.4) is 0 Å². The number of aliphatic hydroxyl groups is 1. The molecule has 2 N–H and O–H groups in total. The van der Waals surface area contributed by atoms with Crippen molar-refractivity contribution in [3.8, 4) is 0 Å². The highest BCUT2D eigenvalue weighted by molar-refractivity contribution is 7.76. The molecule has 0 unspecified atom stereocenters. The highest BCUT2D eigenvalue weighted by Crippen LogP contribution is 2.57. The number of aliphatic carboxylic acids is 3. The third-order valence-electron chi connectivity index (χ3n) is 6.64. The Bertz CT molecular complexity index is 445. The summed E-state index contributed by atoms with van der Waals surface area (Å²) in [5.74, 6) is -5.65. The smallest absolute Gasteiger partial charge is 0.336 e. The Kier molecular flexibility index (Phi) is 19.9. The van der Waals surface area contributed by atoms with E-state index in [1.54, 1.807) is 0 Å². The largest absolute Gasteiger partial charge is 0.550 e. The zero-order chi connectivity index (χ0) is 25.3. The molecule has 0 rings (SSSR count). The average Bonchev–Trinajstić information content (AvgIpc) is 2.72. The standard InChI is InChI=1S/2C8H20P.C6H8O7/c2*1-5-9(6-2,7-3)8-4;7-3(8)1-6(13,5(11)12)2-4(9)10/h2*5-8H2,1-4H3;13H,1-2H2,(H,7,8)(H,9,10)(H,11,12)/q2*+1;/p-2. The fraction of sp³-hybridized carbons (Fsp3) is 0.864. The number of rotatable bonds is 13. The van der Waals surface area contributed by atoms with Crippen LogP contribution in [0.4, 0.5) is 0 Å². The summed E-state index contributed by atoms with van der Waals surface area (Å²) in [7, 11) is -0.840. The van der Waals surface area contributed by atoms with Gasteiger partial charge < -0.3 is 30.0 Å². The molecule has 9 heteroatoms. The zero-order valence-corrected chi connectivity index (χ0v) is 22.7. The van der Waals surface area contributed by atoms with Gasteiger partial charge in [-0.1, -0.05) is 0 Å². The summed E-state index contributed by atoms with van der Waals surface area (Å²) < 4.78 is 0. The Hall–Kier alpha value is -0.770. The molecule has 0 heterocycles. The van der Waals surface area contributed by atoms with Crippen LogP contribution >= 0.6 is 14.5 Å². The van der Waals surface area contributed by atoms with Crippen LogP contribution in [0.5, 0.6) is 0 Å². The van der Waals surface area contributed by atoms with Gasteiger partial charge in [-0.15, -0.1) is 0 Å². The SMILES string of the molecule is CC[P+](CC)(CC)CC.CC[P+](CC)(CC)CC.O=C([O-])CC(O)(CC(=O)[O-])C(=O)O. The molecule has 0 amide bonds. The number of hydrogen-bond acceptors (Lipinski definition) is 6. The topological polar surface area (TPSA) is 138 Å². The van der Waals surface area contributed by atoms with Crippen LogP contribution in [0.15, 0.2) is 0 Å². The van der Waals surface area contributed by atoms with Gasteiger partial charge in [-0.3, -0.25) is 0 Å². The van der Waals surface area contributed by atoms with E-state index in [1.807, 2.05) is 0 Å². The van der Waals surface area contributed by atoms with E-state index in [-0.39, 0.29) is 0 Å². The van der Waals surface area contributed by atoms with Crippen LogP contribution in [-0.2, 0) is 14.4 Å². The van der Waals surface area contributed by atoms with Crippen LogP contribution in [-0.4, -0.2) is 83.0 Å².